The smallest absolute Gasteiger partial charge is 0.254 e. The normalized spacial score (nSPS) is 21.1. The van der Waals surface area contributed by atoms with E-state index in [-0.39, 0.29) is 42.5 Å². The topological polar surface area (TPSA) is 83.6 Å². The number of carbonyl (C=O) groups excluding carboxylic acids is 2. The number of piperidine rings is 2. The van der Waals surface area contributed by atoms with Gasteiger partial charge in [0.05, 0.1) is 5.92 Å². The fourth-order valence-electron chi connectivity index (χ4n) is 3.77. The molecule has 9 heteroatoms. The van der Waals surface area contributed by atoms with Crippen molar-refractivity contribution in [3.63, 3.8) is 0 Å². The summed E-state index contributed by atoms with van der Waals surface area (Å²) in [5, 5.41) is 6.14. The van der Waals surface area contributed by atoms with Crippen LogP contribution in [0.15, 0.2) is 18.3 Å². The van der Waals surface area contributed by atoms with Gasteiger partial charge in [0.2, 0.25) is 5.91 Å². The quantitative estimate of drug-likeness (QED) is 0.761. The number of halogens is 2. The van der Waals surface area contributed by atoms with E-state index in [0.717, 1.165) is 31.5 Å². The van der Waals surface area contributed by atoms with E-state index >= 15 is 0 Å². The number of anilines is 1. The van der Waals surface area contributed by atoms with Gasteiger partial charge in [0.15, 0.2) is 0 Å². The largest absolute Gasteiger partial charge is 0.368 e. The zero-order valence-corrected chi connectivity index (χ0v) is 18.0. The number of pyridine rings is 1. The van der Waals surface area contributed by atoms with E-state index in [9.17, 15) is 9.59 Å². The summed E-state index contributed by atoms with van der Waals surface area (Å²) in [5.74, 6) is 0.283. The maximum absolute atomic E-state index is 13.1. The molecule has 0 radical (unpaired) electrons. The van der Waals surface area contributed by atoms with Gasteiger partial charge in [0.1, 0.15) is 11.4 Å². The van der Waals surface area contributed by atoms with Gasteiger partial charge < -0.3 is 20.3 Å². The van der Waals surface area contributed by atoms with Gasteiger partial charge >= 0.3 is 0 Å². The third-order valence-electron chi connectivity index (χ3n) is 5.43. The SMILES string of the molecule is COC1(C(=O)N2CCCC(C(=O)Nc3ccc(C)cn3)C2)CCNCC1.Cl.Cl. The minimum absolute atomic E-state index is 0. The Kier molecular flexibility index (Phi) is 9.63. The molecule has 0 aliphatic carbocycles. The lowest BCUT2D eigenvalue weighted by Crippen LogP contribution is -2.57. The molecule has 2 aliphatic heterocycles. The molecule has 1 aromatic heterocycles. The van der Waals surface area contributed by atoms with E-state index in [1.807, 2.05) is 17.9 Å². The monoisotopic (exact) mass is 432 g/mol. The lowest BCUT2D eigenvalue weighted by atomic mass is 9.88. The van der Waals surface area contributed by atoms with Crippen LogP contribution in [0.4, 0.5) is 5.82 Å². The highest BCUT2D eigenvalue weighted by atomic mass is 35.5. The maximum Gasteiger partial charge on any atom is 0.254 e. The molecule has 3 rings (SSSR count). The molecule has 1 atom stereocenters. The number of hydrogen-bond donors (Lipinski definition) is 2. The highest BCUT2D eigenvalue weighted by Gasteiger charge is 2.43. The van der Waals surface area contributed by atoms with Gasteiger partial charge in [0.25, 0.3) is 5.91 Å². The Morgan fingerprint density at radius 2 is 2.00 bits per heavy atom. The molecule has 2 amide bonds. The van der Waals surface area contributed by atoms with Gasteiger partial charge in [0, 0.05) is 26.4 Å². The molecule has 1 aromatic rings. The molecule has 2 saturated heterocycles. The second-order valence-corrected chi connectivity index (χ2v) is 7.25. The van der Waals surface area contributed by atoms with Gasteiger partial charge in [-0.15, -0.1) is 24.8 Å². The summed E-state index contributed by atoms with van der Waals surface area (Å²) in [6.45, 7) is 4.63. The molecule has 1 unspecified atom stereocenters. The van der Waals surface area contributed by atoms with E-state index in [2.05, 4.69) is 15.6 Å². The van der Waals surface area contributed by atoms with E-state index < -0.39 is 5.60 Å². The Morgan fingerprint density at radius 1 is 1.29 bits per heavy atom. The Bertz CT molecular complexity index is 651. The summed E-state index contributed by atoms with van der Waals surface area (Å²) in [6, 6.07) is 3.71. The maximum atomic E-state index is 13.1. The Balaban J connectivity index is 0.00000196. The van der Waals surface area contributed by atoms with Crippen LogP contribution in [0, 0.1) is 12.8 Å². The second kappa shape index (κ2) is 11.0. The number of carbonyl (C=O) groups is 2. The number of likely N-dealkylation sites (tertiary alicyclic amines) is 1. The highest BCUT2D eigenvalue weighted by molar-refractivity contribution is 5.93. The van der Waals surface area contributed by atoms with Gasteiger partial charge in [-0.05, 0) is 57.3 Å². The molecule has 0 spiro atoms. The van der Waals surface area contributed by atoms with Gasteiger partial charge in [-0.2, -0.15) is 0 Å². The zero-order valence-electron chi connectivity index (χ0n) is 16.4. The summed E-state index contributed by atoms with van der Waals surface area (Å²) in [7, 11) is 1.61. The first-order chi connectivity index (χ1) is 12.5. The third kappa shape index (κ3) is 5.56. The van der Waals surface area contributed by atoms with E-state index in [1.54, 1.807) is 19.4 Å². The molecular weight excluding hydrogens is 403 g/mol. The fourth-order valence-corrected chi connectivity index (χ4v) is 3.77. The highest BCUT2D eigenvalue weighted by Crippen LogP contribution is 2.28. The first-order valence-corrected chi connectivity index (χ1v) is 9.33. The second-order valence-electron chi connectivity index (χ2n) is 7.25. The van der Waals surface area contributed by atoms with Crippen LogP contribution in [0.25, 0.3) is 0 Å². The molecule has 158 valence electrons. The van der Waals surface area contributed by atoms with E-state index in [0.29, 0.717) is 31.7 Å². The van der Waals surface area contributed by atoms with Crippen LogP contribution in [0.3, 0.4) is 0 Å². The molecule has 3 heterocycles. The molecule has 0 aromatic carbocycles. The zero-order chi connectivity index (χ0) is 18.6. The molecule has 28 heavy (non-hydrogen) atoms. The molecular formula is C19H30Cl2N4O3. The number of methoxy groups -OCH3 is 1. The lowest BCUT2D eigenvalue weighted by molar-refractivity contribution is -0.160. The fraction of sp³-hybridized carbons (Fsp3) is 0.632. The van der Waals surface area contributed by atoms with Gasteiger partial charge in [-0.3, -0.25) is 9.59 Å². The van der Waals surface area contributed by atoms with Crippen molar-refractivity contribution in [1.29, 1.82) is 0 Å². The van der Waals surface area contributed by atoms with Crippen molar-refractivity contribution in [3.05, 3.63) is 23.9 Å². The van der Waals surface area contributed by atoms with E-state index in [4.69, 9.17) is 4.74 Å². The van der Waals surface area contributed by atoms with Crippen molar-refractivity contribution < 1.29 is 14.3 Å². The predicted octanol–water partition coefficient (Wildman–Crippen LogP) is 2.18. The molecule has 2 fully saturated rings. The van der Waals surface area contributed by atoms with Crippen LogP contribution in [-0.2, 0) is 14.3 Å². The number of aryl methyl sites for hydroxylation is 1. The van der Waals surface area contributed by atoms with Crippen molar-refractivity contribution in [2.24, 2.45) is 5.92 Å². The van der Waals surface area contributed by atoms with Crippen LogP contribution in [0.5, 0.6) is 0 Å². The summed E-state index contributed by atoms with van der Waals surface area (Å²) >= 11 is 0. The van der Waals surface area contributed by atoms with Crippen molar-refractivity contribution >= 4 is 42.4 Å². The minimum atomic E-state index is -0.748. The number of nitrogens with one attached hydrogen (secondary N) is 2. The van der Waals surface area contributed by atoms with Crippen LogP contribution in [-0.4, -0.2) is 60.6 Å². The average Bonchev–Trinajstić information content (AvgIpc) is 2.69. The molecule has 2 N–H and O–H groups in total. The first kappa shape index (κ1) is 24.6. The van der Waals surface area contributed by atoms with Crippen LogP contribution in [0.1, 0.15) is 31.2 Å². The Hall–Kier alpha value is -1.41. The van der Waals surface area contributed by atoms with Crippen LogP contribution in [0.2, 0.25) is 0 Å². The summed E-state index contributed by atoms with van der Waals surface area (Å²) in [6.07, 6.45) is 4.67. The number of rotatable bonds is 4. The van der Waals surface area contributed by atoms with Crippen molar-refractivity contribution in [2.45, 2.75) is 38.2 Å². The van der Waals surface area contributed by atoms with E-state index in [1.165, 1.54) is 0 Å². The molecule has 2 aliphatic rings. The Morgan fingerprint density at radius 3 is 2.61 bits per heavy atom. The molecule has 0 bridgehead atoms. The van der Waals surface area contributed by atoms with Crippen LogP contribution < -0.4 is 10.6 Å². The van der Waals surface area contributed by atoms with Crippen molar-refractivity contribution in [3.8, 4) is 0 Å². The number of hydrogen-bond acceptors (Lipinski definition) is 5. The van der Waals surface area contributed by atoms with Gasteiger partial charge in [-0.25, -0.2) is 4.98 Å². The number of aromatic nitrogens is 1. The number of amides is 2. The predicted molar refractivity (Wildman–Crippen MR) is 113 cm³/mol. The summed E-state index contributed by atoms with van der Waals surface area (Å²) < 4.78 is 5.65. The standard InChI is InChI=1S/C19H28N4O3.2ClH/c1-14-5-6-16(21-12-14)22-17(24)15-4-3-11-23(13-15)18(25)19(26-2)7-9-20-10-8-19;;/h5-6,12,15,20H,3-4,7-11,13H2,1-2H3,(H,21,22,24);2*1H. The van der Waals surface area contributed by atoms with Gasteiger partial charge in [-0.1, -0.05) is 6.07 Å². The Labute approximate surface area is 178 Å². The average molecular weight is 433 g/mol. The molecule has 0 saturated carbocycles. The number of nitrogens with zero attached hydrogens (tertiary/aromatic N) is 2. The first-order valence-electron chi connectivity index (χ1n) is 9.33. The molecule has 7 nitrogen and oxygen atoms in total. The summed E-state index contributed by atoms with van der Waals surface area (Å²) in [4.78, 5) is 31.8. The third-order valence-corrected chi connectivity index (χ3v) is 5.43. The lowest BCUT2D eigenvalue weighted by Gasteiger charge is -2.41. The van der Waals surface area contributed by atoms with Crippen molar-refractivity contribution in [2.75, 3.05) is 38.6 Å². The van der Waals surface area contributed by atoms with Crippen molar-refractivity contribution in [1.82, 2.24) is 15.2 Å². The number of ether oxygens (including phenoxy) is 1. The van der Waals surface area contributed by atoms with Crippen LogP contribution >= 0.6 is 24.8 Å². The minimum Gasteiger partial charge on any atom is -0.368 e. The summed E-state index contributed by atoms with van der Waals surface area (Å²) in [5.41, 5.74) is 0.298.